The Morgan fingerprint density at radius 3 is 3.05 bits per heavy atom. The molecule has 98 valence electrons. The van der Waals surface area contributed by atoms with Crippen molar-refractivity contribution in [2.45, 2.75) is 19.4 Å². The zero-order chi connectivity index (χ0) is 13.2. The highest BCUT2D eigenvalue weighted by atomic mass is 16.5. The first-order chi connectivity index (χ1) is 9.28. The number of rotatable bonds is 5. The topological polar surface area (TPSA) is 76.9 Å². The predicted molar refractivity (Wildman–Crippen MR) is 72.4 cm³/mol. The summed E-state index contributed by atoms with van der Waals surface area (Å²) in [5.41, 5.74) is 8.24. The van der Waals surface area contributed by atoms with E-state index in [0.29, 0.717) is 24.7 Å². The van der Waals surface area contributed by atoms with Gasteiger partial charge in [0.1, 0.15) is 0 Å². The molecule has 1 saturated carbocycles. The zero-order valence-corrected chi connectivity index (χ0v) is 10.7. The predicted octanol–water partition coefficient (Wildman–Crippen LogP) is 1.92. The monoisotopic (exact) mass is 256 g/mol. The highest BCUT2D eigenvalue weighted by Gasteiger charge is 2.21. The summed E-state index contributed by atoms with van der Waals surface area (Å²) in [7, 11) is 0. The lowest BCUT2D eigenvalue weighted by molar-refractivity contribution is 0.118. The summed E-state index contributed by atoms with van der Waals surface area (Å²) in [5, 5.41) is 8.94. The number of nitriles is 1. The van der Waals surface area contributed by atoms with Crippen LogP contribution in [0.2, 0.25) is 0 Å². The lowest BCUT2D eigenvalue weighted by atomic mass is 10.2. The molecule has 1 heterocycles. The molecule has 2 N–H and O–H groups in total. The summed E-state index contributed by atoms with van der Waals surface area (Å²) >= 11 is 0. The van der Waals surface area contributed by atoms with E-state index in [2.05, 4.69) is 11.1 Å². The second-order valence-electron chi connectivity index (χ2n) is 4.96. The molecule has 1 aromatic carbocycles. The molecule has 1 aliphatic rings. The summed E-state index contributed by atoms with van der Waals surface area (Å²) in [6.45, 7) is 2.14. The number of fused-ring (bicyclic) bond motifs is 1. The third kappa shape index (κ3) is 2.54. The Labute approximate surface area is 111 Å². The second kappa shape index (κ2) is 4.90. The van der Waals surface area contributed by atoms with Gasteiger partial charge in [-0.1, -0.05) is 0 Å². The number of nitrogens with two attached hydrogens (primary N) is 1. The molecule has 0 aliphatic heterocycles. The maximum atomic E-state index is 8.94. The van der Waals surface area contributed by atoms with Gasteiger partial charge in [-0.2, -0.15) is 5.26 Å². The molecule has 0 bridgehead atoms. The van der Waals surface area contributed by atoms with Crippen LogP contribution in [0.25, 0.3) is 11.0 Å². The lowest BCUT2D eigenvalue weighted by Crippen LogP contribution is -2.10. The Bertz CT molecular complexity index is 637. The Hall–Kier alpha value is -2.06. The molecule has 2 aromatic rings. The van der Waals surface area contributed by atoms with E-state index < -0.39 is 0 Å². The molecule has 5 heteroatoms. The van der Waals surface area contributed by atoms with Crippen molar-refractivity contribution in [1.29, 1.82) is 5.26 Å². The van der Waals surface area contributed by atoms with Gasteiger partial charge in [0.2, 0.25) is 5.95 Å². The van der Waals surface area contributed by atoms with Gasteiger partial charge in [-0.15, -0.1) is 0 Å². The highest BCUT2D eigenvalue weighted by Crippen LogP contribution is 2.28. The number of benzene rings is 1. The maximum absolute atomic E-state index is 8.94. The van der Waals surface area contributed by atoms with Crippen LogP contribution >= 0.6 is 0 Å². The molecule has 0 saturated heterocycles. The average molecular weight is 256 g/mol. The molecule has 1 aromatic heterocycles. The number of anilines is 1. The highest BCUT2D eigenvalue weighted by molar-refractivity contribution is 5.79. The Kier molecular flexibility index (Phi) is 3.10. The number of nitrogens with zero attached hydrogens (tertiary/aromatic N) is 3. The van der Waals surface area contributed by atoms with E-state index in [4.69, 9.17) is 15.7 Å². The van der Waals surface area contributed by atoms with Crippen molar-refractivity contribution >= 4 is 17.0 Å². The first-order valence-electron chi connectivity index (χ1n) is 6.51. The van der Waals surface area contributed by atoms with E-state index in [1.807, 2.05) is 16.7 Å². The quantitative estimate of drug-likeness (QED) is 0.829. The van der Waals surface area contributed by atoms with Crippen LogP contribution in [0.4, 0.5) is 5.95 Å². The number of aromatic nitrogens is 2. The van der Waals surface area contributed by atoms with Gasteiger partial charge < -0.3 is 15.0 Å². The number of imidazole rings is 1. The molecule has 0 spiro atoms. The van der Waals surface area contributed by atoms with Crippen molar-refractivity contribution in [2.75, 3.05) is 18.9 Å². The third-order valence-electron chi connectivity index (χ3n) is 3.42. The van der Waals surface area contributed by atoms with Gasteiger partial charge in [-0.25, -0.2) is 4.98 Å². The summed E-state index contributed by atoms with van der Waals surface area (Å²) < 4.78 is 7.53. The van der Waals surface area contributed by atoms with Crippen LogP contribution < -0.4 is 5.73 Å². The molecular weight excluding hydrogens is 240 g/mol. The van der Waals surface area contributed by atoms with Crippen LogP contribution in [0.5, 0.6) is 0 Å². The largest absolute Gasteiger partial charge is 0.379 e. The summed E-state index contributed by atoms with van der Waals surface area (Å²) in [4.78, 5) is 4.29. The first kappa shape index (κ1) is 12.0. The van der Waals surface area contributed by atoms with E-state index in [9.17, 15) is 0 Å². The average Bonchev–Trinajstić information content (AvgIpc) is 3.18. The van der Waals surface area contributed by atoms with Crippen molar-refractivity contribution in [3.63, 3.8) is 0 Å². The van der Waals surface area contributed by atoms with Gasteiger partial charge in [0, 0.05) is 13.2 Å². The van der Waals surface area contributed by atoms with Gasteiger partial charge in [0.05, 0.1) is 29.3 Å². The van der Waals surface area contributed by atoms with Crippen molar-refractivity contribution in [1.82, 2.24) is 9.55 Å². The van der Waals surface area contributed by atoms with Crippen molar-refractivity contribution in [3.05, 3.63) is 23.8 Å². The minimum Gasteiger partial charge on any atom is -0.379 e. The summed E-state index contributed by atoms with van der Waals surface area (Å²) in [6, 6.07) is 7.53. The minimum atomic E-state index is 0.472. The van der Waals surface area contributed by atoms with E-state index in [1.54, 1.807) is 6.07 Å². The Balaban J connectivity index is 1.76. The number of hydrogen-bond donors (Lipinski definition) is 1. The van der Waals surface area contributed by atoms with E-state index in [0.717, 1.165) is 23.6 Å². The molecular formula is C14H16N4O. The summed E-state index contributed by atoms with van der Waals surface area (Å²) in [6.07, 6.45) is 2.59. The van der Waals surface area contributed by atoms with Gasteiger partial charge in [0.25, 0.3) is 0 Å². The van der Waals surface area contributed by atoms with Crippen LogP contribution in [-0.2, 0) is 11.3 Å². The van der Waals surface area contributed by atoms with Crippen molar-refractivity contribution < 1.29 is 4.74 Å². The molecule has 3 rings (SSSR count). The standard InChI is InChI=1S/C14H16N4O/c15-8-11-3-4-12-13(7-11)18(14(16)17-12)5-6-19-9-10-1-2-10/h3-4,7,10H,1-2,5-6,9H2,(H2,16,17). The maximum Gasteiger partial charge on any atom is 0.201 e. The normalized spacial score (nSPS) is 14.7. The molecule has 0 amide bonds. The molecule has 1 fully saturated rings. The third-order valence-corrected chi connectivity index (χ3v) is 3.42. The second-order valence-corrected chi connectivity index (χ2v) is 4.96. The van der Waals surface area contributed by atoms with Crippen LogP contribution in [0.3, 0.4) is 0 Å². The lowest BCUT2D eigenvalue weighted by Gasteiger charge is -2.07. The van der Waals surface area contributed by atoms with E-state index in [-0.39, 0.29) is 0 Å². The molecule has 0 unspecified atom stereocenters. The first-order valence-corrected chi connectivity index (χ1v) is 6.51. The fourth-order valence-electron chi connectivity index (χ4n) is 2.14. The molecule has 1 aliphatic carbocycles. The van der Waals surface area contributed by atoms with Crippen LogP contribution in [0.15, 0.2) is 18.2 Å². The smallest absolute Gasteiger partial charge is 0.201 e. The van der Waals surface area contributed by atoms with Crippen LogP contribution in [0.1, 0.15) is 18.4 Å². The summed E-state index contributed by atoms with van der Waals surface area (Å²) in [5.74, 6) is 1.24. The zero-order valence-electron chi connectivity index (χ0n) is 10.7. The Morgan fingerprint density at radius 1 is 1.47 bits per heavy atom. The SMILES string of the molecule is N#Cc1ccc2nc(N)n(CCOCC3CC3)c2c1. The Morgan fingerprint density at radius 2 is 2.32 bits per heavy atom. The van der Waals surface area contributed by atoms with E-state index >= 15 is 0 Å². The van der Waals surface area contributed by atoms with Gasteiger partial charge in [-0.3, -0.25) is 0 Å². The number of nitrogen functional groups attached to an aromatic ring is 1. The minimum absolute atomic E-state index is 0.472. The fraction of sp³-hybridized carbons (Fsp3) is 0.429. The molecule has 0 atom stereocenters. The van der Waals surface area contributed by atoms with Gasteiger partial charge in [0.15, 0.2) is 0 Å². The molecule has 5 nitrogen and oxygen atoms in total. The van der Waals surface area contributed by atoms with Gasteiger partial charge in [-0.05, 0) is 37.0 Å². The van der Waals surface area contributed by atoms with E-state index in [1.165, 1.54) is 12.8 Å². The van der Waals surface area contributed by atoms with Crippen molar-refractivity contribution in [2.24, 2.45) is 5.92 Å². The van der Waals surface area contributed by atoms with Crippen LogP contribution in [-0.4, -0.2) is 22.8 Å². The molecule has 19 heavy (non-hydrogen) atoms. The van der Waals surface area contributed by atoms with Gasteiger partial charge >= 0.3 is 0 Å². The molecule has 0 radical (unpaired) electrons. The van der Waals surface area contributed by atoms with Crippen LogP contribution in [0, 0.1) is 17.2 Å². The number of hydrogen-bond acceptors (Lipinski definition) is 4. The fourth-order valence-corrected chi connectivity index (χ4v) is 2.14. The van der Waals surface area contributed by atoms with Crippen molar-refractivity contribution in [3.8, 4) is 6.07 Å². The number of ether oxygens (including phenoxy) is 1.